The quantitative estimate of drug-likeness (QED) is 0.789. The fraction of sp³-hybridized carbons (Fsp3) is 0.529. The van der Waals surface area contributed by atoms with Gasteiger partial charge in [-0.2, -0.15) is 18.3 Å². The van der Waals surface area contributed by atoms with Gasteiger partial charge in [-0.25, -0.2) is 14.8 Å². The molecule has 4 rings (SSSR count). The molecule has 9 nitrogen and oxygen atoms in total. The van der Waals surface area contributed by atoms with Crippen molar-refractivity contribution < 1.29 is 28.2 Å². The molecule has 0 radical (unpaired) electrons. The van der Waals surface area contributed by atoms with Gasteiger partial charge < -0.3 is 20.0 Å². The number of halogens is 3. The first-order valence-electron chi connectivity index (χ1n) is 9.12. The van der Waals surface area contributed by atoms with Gasteiger partial charge in [0.2, 0.25) is 5.95 Å². The summed E-state index contributed by atoms with van der Waals surface area (Å²) in [4.78, 5) is 21.8. The van der Waals surface area contributed by atoms with E-state index >= 15 is 0 Å². The minimum absolute atomic E-state index is 0.0743. The number of aliphatic hydroxyl groups excluding tert-OH is 1. The highest BCUT2D eigenvalue weighted by Crippen LogP contribution is 2.34. The summed E-state index contributed by atoms with van der Waals surface area (Å²) in [5.41, 5.74) is -0.606. The summed E-state index contributed by atoms with van der Waals surface area (Å²) in [5, 5.41) is 22.6. The van der Waals surface area contributed by atoms with Crippen molar-refractivity contribution in [3.05, 3.63) is 24.2 Å². The Morgan fingerprint density at radius 2 is 2.03 bits per heavy atom. The van der Waals surface area contributed by atoms with E-state index in [1.165, 1.54) is 11.1 Å². The number of amides is 1. The van der Waals surface area contributed by atoms with E-state index in [0.717, 1.165) is 6.07 Å². The molecule has 0 spiro atoms. The van der Waals surface area contributed by atoms with Gasteiger partial charge in [0.05, 0.1) is 30.6 Å². The van der Waals surface area contributed by atoms with Gasteiger partial charge in [0, 0.05) is 31.4 Å². The number of hydrogen-bond donors (Lipinski definition) is 2. The van der Waals surface area contributed by atoms with Crippen molar-refractivity contribution in [1.82, 2.24) is 24.6 Å². The Balaban J connectivity index is 1.64. The number of nitrogens with zero attached hydrogens (tertiary/aromatic N) is 6. The third kappa shape index (κ3) is 3.71. The monoisotopic (exact) mass is 412 g/mol. The maximum atomic E-state index is 13.4. The number of aromatic nitrogens is 4. The van der Waals surface area contributed by atoms with Crippen LogP contribution in [0.5, 0.6) is 0 Å². The number of hydrogen-bond acceptors (Lipinski definition) is 6. The Labute approximate surface area is 163 Å². The number of alkyl halides is 3. The van der Waals surface area contributed by atoms with Gasteiger partial charge in [-0.05, 0) is 18.9 Å². The summed E-state index contributed by atoms with van der Waals surface area (Å²) in [6.45, 7) is 0.931. The second kappa shape index (κ2) is 7.17. The molecule has 1 unspecified atom stereocenters. The van der Waals surface area contributed by atoms with Crippen molar-refractivity contribution in [2.75, 3.05) is 31.1 Å². The second-order valence-electron chi connectivity index (χ2n) is 7.13. The van der Waals surface area contributed by atoms with Gasteiger partial charge >= 0.3 is 12.3 Å². The molecular formula is C17H19F3N6O3. The average molecular weight is 412 g/mol. The molecule has 29 heavy (non-hydrogen) atoms. The Morgan fingerprint density at radius 1 is 1.24 bits per heavy atom. The van der Waals surface area contributed by atoms with Gasteiger partial charge in [-0.1, -0.05) is 0 Å². The van der Waals surface area contributed by atoms with E-state index in [1.807, 2.05) is 0 Å². The van der Waals surface area contributed by atoms with E-state index in [9.17, 15) is 23.1 Å². The van der Waals surface area contributed by atoms with Crippen LogP contribution in [-0.4, -0.2) is 73.2 Å². The standard InChI is InChI=1S/C17H19F3N6O3/c18-17(19,20)14-5-13(22-15(23-14)25-4-2-12(25)9-27)10-6-21-26(7-10)11-1-3-24(8-11)16(28)29/h5-7,11-12,27H,1-4,8-9H2,(H,28,29)/t11?,12-/m1/s1. The minimum Gasteiger partial charge on any atom is -0.465 e. The lowest BCUT2D eigenvalue weighted by Gasteiger charge is -2.40. The highest BCUT2D eigenvalue weighted by Gasteiger charge is 2.37. The Morgan fingerprint density at radius 3 is 2.62 bits per heavy atom. The van der Waals surface area contributed by atoms with Crippen LogP contribution in [0.1, 0.15) is 24.6 Å². The second-order valence-corrected chi connectivity index (χ2v) is 7.13. The van der Waals surface area contributed by atoms with Crippen LogP contribution < -0.4 is 4.90 Å². The molecule has 0 bridgehead atoms. The Bertz CT molecular complexity index is 916. The van der Waals surface area contributed by atoms with Crippen LogP contribution in [-0.2, 0) is 6.18 Å². The van der Waals surface area contributed by atoms with Gasteiger partial charge in [0.15, 0.2) is 5.69 Å². The summed E-state index contributed by atoms with van der Waals surface area (Å²) in [6.07, 6.45) is -1.44. The number of anilines is 1. The molecule has 2 N–H and O–H groups in total. The van der Waals surface area contributed by atoms with Gasteiger partial charge in [0.25, 0.3) is 0 Å². The lowest BCUT2D eigenvalue weighted by molar-refractivity contribution is -0.141. The van der Waals surface area contributed by atoms with Crippen LogP contribution in [0, 0.1) is 0 Å². The van der Waals surface area contributed by atoms with Crippen molar-refractivity contribution in [2.45, 2.75) is 31.1 Å². The van der Waals surface area contributed by atoms with E-state index in [-0.39, 0.29) is 36.9 Å². The summed E-state index contributed by atoms with van der Waals surface area (Å²) in [5.74, 6) is -0.0780. The molecule has 4 heterocycles. The molecular weight excluding hydrogens is 393 g/mol. The smallest absolute Gasteiger partial charge is 0.433 e. The summed E-state index contributed by atoms with van der Waals surface area (Å²) < 4.78 is 41.6. The Kier molecular flexibility index (Phi) is 4.81. The highest BCUT2D eigenvalue weighted by molar-refractivity contribution is 5.65. The summed E-state index contributed by atoms with van der Waals surface area (Å²) in [7, 11) is 0. The van der Waals surface area contributed by atoms with Crippen LogP contribution in [0.3, 0.4) is 0 Å². The molecule has 12 heteroatoms. The molecule has 2 saturated heterocycles. The van der Waals surface area contributed by atoms with Crippen molar-refractivity contribution in [3.63, 3.8) is 0 Å². The maximum absolute atomic E-state index is 13.4. The lowest BCUT2D eigenvalue weighted by atomic mass is 10.1. The van der Waals surface area contributed by atoms with E-state index < -0.39 is 18.0 Å². The van der Waals surface area contributed by atoms with E-state index in [1.54, 1.807) is 15.8 Å². The number of rotatable bonds is 4. The number of aliphatic hydroxyl groups is 1. The lowest BCUT2D eigenvalue weighted by Crippen LogP contribution is -2.51. The molecule has 2 aromatic rings. The summed E-state index contributed by atoms with van der Waals surface area (Å²) >= 11 is 0. The Hall–Kier alpha value is -2.89. The molecule has 2 aliphatic heterocycles. The van der Waals surface area contributed by atoms with E-state index in [0.29, 0.717) is 31.5 Å². The molecule has 2 aromatic heterocycles. The van der Waals surface area contributed by atoms with Gasteiger partial charge in [-0.15, -0.1) is 0 Å². The number of carbonyl (C=O) groups is 1. The first kappa shape index (κ1) is 19.4. The predicted octanol–water partition coefficient (Wildman–Crippen LogP) is 1.85. The topological polar surface area (TPSA) is 108 Å². The molecule has 2 atom stereocenters. The zero-order chi connectivity index (χ0) is 20.8. The molecule has 2 fully saturated rings. The fourth-order valence-electron chi connectivity index (χ4n) is 3.55. The first-order valence-corrected chi connectivity index (χ1v) is 9.12. The van der Waals surface area contributed by atoms with Crippen molar-refractivity contribution in [3.8, 4) is 11.3 Å². The van der Waals surface area contributed by atoms with Crippen LogP contribution in [0.2, 0.25) is 0 Å². The van der Waals surface area contributed by atoms with Crippen LogP contribution in [0.25, 0.3) is 11.3 Å². The maximum Gasteiger partial charge on any atom is 0.433 e. The number of likely N-dealkylation sites (tertiary alicyclic amines) is 1. The van der Waals surface area contributed by atoms with Crippen LogP contribution in [0.15, 0.2) is 18.5 Å². The van der Waals surface area contributed by atoms with Crippen LogP contribution >= 0.6 is 0 Å². The third-order valence-corrected chi connectivity index (χ3v) is 5.32. The molecule has 0 aliphatic carbocycles. The van der Waals surface area contributed by atoms with Crippen LogP contribution in [0.4, 0.5) is 23.9 Å². The highest BCUT2D eigenvalue weighted by atomic mass is 19.4. The SMILES string of the molecule is O=C(O)N1CCC(n2cc(-c3cc(C(F)(F)F)nc(N4CC[C@@H]4CO)n3)cn2)C1. The normalized spacial score (nSPS) is 22.1. The molecule has 0 saturated carbocycles. The van der Waals surface area contributed by atoms with Crippen molar-refractivity contribution in [2.24, 2.45) is 0 Å². The first-order chi connectivity index (χ1) is 13.8. The van der Waals surface area contributed by atoms with Gasteiger partial charge in [-0.3, -0.25) is 4.68 Å². The third-order valence-electron chi connectivity index (χ3n) is 5.32. The molecule has 1 amide bonds. The largest absolute Gasteiger partial charge is 0.465 e. The zero-order valence-electron chi connectivity index (χ0n) is 15.2. The predicted molar refractivity (Wildman–Crippen MR) is 94.3 cm³/mol. The fourth-order valence-corrected chi connectivity index (χ4v) is 3.55. The van der Waals surface area contributed by atoms with E-state index in [4.69, 9.17) is 5.11 Å². The minimum atomic E-state index is -4.64. The summed E-state index contributed by atoms with van der Waals surface area (Å²) in [6, 6.07) is 0.392. The average Bonchev–Trinajstić information content (AvgIpc) is 3.30. The molecule has 2 aliphatic rings. The van der Waals surface area contributed by atoms with E-state index in [2.05, 4.69) is 15.1 Å². The van der Waals surface area contributed by atoms with Crippen molar-refractivity contribution in [1.29, 1.82) is 0 Å². The zero-order valence-corrected chi connectivity index (χ0v) is 15.2. The molecule has 0 aromatic carbocycles. The van der Waals surface area contributed by atoms with Crippen molar-refractivity contribution >= 4 is 12.0 Å². The van der Waals surface area contributed by atoms with Gasteiger partial charge in [0.1, 0.15) is 0 Å². The molecule has 156 valence electrons. The number of carboxylic acid groups (broad SMARTS) is 1.